The summed E-state index contributed by atoms with van der Waals surface area (Å²) in [7, 11) is 1.65. The van der Waals surface area contributed by atoms with E-state index in [4.69, 9.17) is 4.74 Å². The van der Waals surface area contributed by atoms with E-state index in [1.165, 1.54) is 0 Å². The van der Waals surface area contributed by atoms with Gasteiger partial charge in [-0.15, -0.1) is 0 Å². The van der Waals surface area contributed by atoms with E-state index in [1.54, 1.807) is 13.3 Å². The molecule has 1 aliphatic carbocycles. The van der Waals surface area contributed by atoms with Crippen LogP contribution in [0.5, 0.6) is 5.75 Å². The number of pyridine rings is 1. The Balaban J connectivity index is 2.16. The van der Waals surface area contributed by atoms with Crippen molar-refractivity contribution in [2.75, 3.05) is 13.7 Å². The van der Waals surface area contributed by atoms with E-state index < -0.39 is 0 Å². The van der Waals surface area contributed by atoms with Gasteiger partial charge < -0.3 is 9.84 Å². The molecular weight excluding hydrogens is 178 g/mol. The van der Waals surface area contributed by atoms with Crippen molar-refractivity contribution < 1.29 is 9.84 Å². The van der Waals surface area contributed by atoms with E-state index in [-0.39, 0.29) is 12.0 Å². The minimum Gasteiger partial charge on any atom is -0.495 e. The van der Waals surface area contributed by atoms with Crippen LogP contribution in [0.3, 0.4) is 0 Å². The Morgan fingerprint density at radius 3 is 2.93 bits per heavy atom. The lowest BCUT2D eigenvalue weighted by molar-refractivity contribution is 0.209. The normalized spacial score (nSPS) is 17.9. The van der Waals surface area contributed by atoms with Crippen molar-refractivity contribution in [3.63, 3.8) is 0 Å². The smallest absolute Gasteiger partial charge is 0.140 e. The average Bonchev–Trinajstić information content (AvgIpc) is 2.99. The number of aliphatic hydroxyl groups excluding tert-OH is 1. The summed E-state index contributed by atoms with van der Waals surface area (Å²) >= 11 is 0. The largest absolute Gasteiger partial charge is 0.495 e. The molecule has 0 amide bonds. The number of ether oxygens (including phenoxy) is 1. The fourth-order valence-corrected chi connectivity index (χ4v) is 1.66. The zero-order chi connectivity index (χ0) is 10.0. The highest BCUT2D eigenvalue weighted by Gasteiger charge is 2.42. The molecule has 2 rings (SSSR count). The number of aromatic nitrogens is 1. The lowest BCUT2D eigenvalue weighted by atomic mass is 10.0. The first-order valence-corrected chi connectivity index (χ1v) is 4.88. The average molecular weight is 193 g/mol. The molecular formula is C11H15NO2. The van der Waals surface area contributed by atoms with Crippen LogP contribution in [0.2, 0.25) is 0 Å². The van der Waals surface area contributed by atoms with Gasteiger partial charge in [0, 0.05) is 19.2 Å². The van der Waals surface area contributed by atoms with Crippen LogP contribution >= 0.6 is 0 Å². The Morgan fingerprint density at radius 2 is 2.36 bits per heavy atom. The zero-order valence-electron chi connectivity index (χ0n) is 8.36. The zero-order valence-corrected chi connectivity index (χ0v) is 8.36. The third kappa shape index (κ3) is 1.73. The van der Waals surface area contributed by atoms with Gasteiger partial charge in [0.2, 0.25) is 0 Å². The number of hydrogen-bond donors (Lipinski definition) is 1. The summed E-state index contributed by atoms with van der Waals surface area (Å²) in [6.45, 7) is 0.257. The van der Waals surface area contributed by atoms with E-state index in [2.05, 4.69) is 4.98 Å². The molecule has 0 aliphatic heterocycles. The van der Waals surface area contributed by atoms with Crippen molar-refractivity contribution in [3.05, 3.63) is 24.0 Å². The van der Waals surface area contributed by atoms with Gasteiger partial charge in [0.15, 0.2) is 0 Å². The number of hydrogen-bond acceptors (Lipinski definition) is 3. The molecule has 14 heavy (non-hydrogen) atoms. The Bertz CT molecular complexity index is 321. The van der Waals surface area contributed by atoms with Crippen molar-refractivity contribution in [1.82, 2.24) is 4.98 Å². The third-order valence-electron chi connectivity index (χ3n) is 2.90. The lowest BCUT2D eigenvalue weighted by Gasteiger charge is -2.12. The van der Waals surface area contributed by atoms with Gasteiger partial charge in [-0.25, -0.2) is 0 Å². The van der Waals surface area contributed by atoms with Crippen LogP contribution in [0.25, 0.3) is 0 Å². The fourth-order valence-electron chi connectivity index (χ4n) is 1.66. The number of aliphatic hydroxyl groups is 1. The summed E-state index contributed by atoms with van der Waals surface area (Å²) in [4.78, 5) is 4.29. The second-order valence-electron chi connectivity index (χ2n) is 3.99. The highest BCUT2D eigenvalue weighted by Crippen LogP contribution is 2.48. The SMILES string of the molecule is COc1cccnc1CC1(CO)CC1. The van der Waals surface area contributed by atoms with E-state index >= 15 is 0 Å². The Hall–Kier alpha value is -1.09. The number of methoxy groups -OCH3 is 1. The van der Waals surface area contributed by atoms with E-state index in [0.29, 0.717) is 0 Å². The van der Waals surface area contributed by atoms with Gasteiger partial charge in [-0.2, -0.15) is 0 Å². The van der Waals surface area contributed by atoms with E-state index in [1.807, 2.05) is 12.1 Å². The maximum absolute atomic E-state index is 9.21. The molecule has 1 heterocycles. The van der Waals surface area contributed by atoms with Gasteiger partial charge >= 0.3 is 0 Å². The van der Waals surface area contributed by atoms with Gasteiger partial charge in [0.1, 0.15) is 5.75 Å². The fraction of sp³-hybridized carbons (Fsp3) is 0.545. The maximum Gasteiger partial charge on any atom is 0.140 e. The first kappa shape index (κ1) is 9.46. The predicted molar refractivity (Wildman–Crippen MR) is 53.2 cm³/mol. The molecule has 0 aromatic carbocycles. The summed E-state index contributed by atoms with van der Waals surface area (Å²) in [5, 5.41) is 9.21. The summed E-state index contributed by atoms with van der Waals surface area (Å²) in [6, 6.07) is 3.77. The topological polar surface area (TPSA) is 42.4 Å². The molecule has 0 unspecified atom stereocenters. The van der Waals surface area contributed by atoms with Crippen LogP contribution in [0.4, 0.5) is 0 Å². The Labute approximate surface area is 83.7 Å². The highest BCUT2D eigenvalue weighted by molar-refractivity contribution is 5.28. The first-order chi connectivity index (χ1) is 6.79. The molecule has 1 aromatic rings. The van der Waals surface area contributed by atoms with Gasteiger partial charge in [-0.05, 0) is 30.4 Å². The van der Waals surface area contributed by atoms with Gasteiger partial charge in [0.25, 0.3) is 0 Å². The molecule has 0 saturated heterocycles. The quantitative estimate of drug-likeness (QED) is 0.786. The molecule has 0 bridgehead atoms. The second kappa shape index (κ2) is 3.58. The maximum atomic E-state index is 9.21. The number of rotatable bonds is 4. The Kier molecular flexibility index (Phi) is 2.42. The van der Waals surface area contributed by atoms with Crippen molar-refractivity contribution in [2.24, 2.45) is 5.41 Å². The van der Waals surface area contributed by atoms with Crippen molar-refractivity contribution in [2.45, 2.75) is 19.3 Å². The van der Waals surface area contributed by atoms with Crippen LogP contribution in [0.1, 0.15) is 18.5 Å². The van der Waals surface area contributed by atoms with Gasteiger partial charge in [0.05, 0.1) is 12.8 Å². The molecule has 1 fully saturated rings. The summed E-state index contributed by atoms with van der Waals surface area (Å²) in [6.07, 6.45) is 4.80. The Morgan fingerprint density at radius 1 is 1.57 bits per heavy atom. The summed E-state index contributed by atoms with van der Waals surface area (Å²) < 4.78 is 5.22. The molecule has 76 valence electrons. The second-order valence-corrected chi connectivity index (χ2v) is 3.99. The van der Waals surface area contributed by atoms with Crippen molar-refractivity contribution >= 4 is 0 Å². The third-order valence-corrected chi connectivity index (χ3v) is 2.90. The van der Waals surface area contributed by atoms with Crippen LogP contribution < -0.4 is 4.74 Å². The molecule has 0 atom stereocenters. The van der Waals surface area contributed by atoms with Crippen LogP contribution in [0, 0.1) is 5.41 Å². The molecule has 3 nitrogen and oxygen atoms in total. The molecule has 0 radical (unpaired) electrons. The molecule has 1 saturated carbocycles. The molecule has 1 aromatic heterocycles. The molecule has 3 heteroatoms. The van der Waals surface area contributed by atoms with Crippen LogP contribution in [-0.4, -0.2) is 23.8 Å². The summed E-state index contributed by atoms with van der Waals surface area (Å²) in [5.41, 5.74) is 1.06. The minimum atomic E-state index is 0.0988. The first-order valence-electron chi connectivity index (χ1n) is 4.88. The van der Waals surface area contributed by atoms with Crippen molar-refractivity contribution in [3.8, 4) is 5.75 Å². The minimum absolute atomic E-state index is 0.0988. The molecule has 1 N–H and O–H groups in total. The molecule has 1 aliphatic rings. The summed E-state index contributed by atoms with van der Waals surface area (Å²) in [5.74, 6) is 0.826. The highest BCUT2D eigenvalue weighted by atomic mass is 16.5. The van der Waals surface area contributed by atoms with Gasteiger partial charge in [-0.3, -0.25) is 4.98 Å². The van der Waals surface area contributed by atoms with Gasteiger partial charge in [-0.1, -0.05) is 0 Å². The van der Waals surface area contributed by atoms with Crippen LogP contribution in [0.15, 0.2) is 18.3 Å². The molecule has 0 spiro atoms. The van der Waals surface area contributed by atoms with Crippen molar-refractivity contribution in [1.29, 1.82) is 0 Å². The monoisotopic (exact) mass is 193 g/mol. The lowest BCUT2D eigenvalue weighted by Crippen LogP contribution is -2.12. The standard InChI is InChI=1S/C11H15NO2/c1-14-10-3-2-6-12-9(10)7-11(8-13)4-5-11/h2-3,6,13H,4-5,7-8H2,1H3. The van der Waals surface area contributed by atoms with E-state index in [9.17, 15) is 5.11 Å². The van der Waals surface area contributed by atoms with E-state index in [0.717, 1.165) is 30.7 Å². The predicted octanol–water partition coefficient (Wildman–Crippen LogP) is 1.41. The van der Waals surface area contributed by atoms with Crippen LogP contribution in [-0.2, 0) is 6.42 Å². The number of nitrogens with zero attached hydrogens (tertiary/aromatic N) is 1.